The Kier molecular flexibility index (Phi) is 3.53. The van der Waals surface area contributed by atoms with Gasteiger partial charge in [0.2, 0.25) is 0 Å². The lowest BCUT2D eigenvalue weighted by Gasteiger charge is -2.43. The van der Waals surface area contributed by atoms with Gasteiger partial charge in [-0.15, -0.1) is 0 Å². The molecule has 0 aromatic heterocycles. The molecule has 1 nitrogen and oxygen atoms in total. The molecule has 0 bridgehead atoms. The molecule has 1 fully saturated rings. The molecule has 0 radical (unpaired) electrons. The molecule has 2 aromatic rings. The van der Waals surface area contributed by atoms with Crippen molar-refractivity contribution in [2.75, 3.05) is 13.1 Å². The van der Waals surface area contributed by atoms with E-state index in [1.54, 1.807) is 12.1 Å². The van der Waals surface area contributed by atoms with Gasteiger partial charge in [0.25, 0.3) is 0 Å². The van der Waals surface area contributed by atoms with Crippen LogP contribution in [0.15, 0.2) is 42.5 Å². The number of hydrogen-bond donors (Lipinski definition) is 1. The Balaban J connectivity index is 1.96. The van der Waals surface area contributed by atoms with E-state index >= 15 is 0 Å². The number of nitrogens with one attached hydrogen (secondary N) is 1. The van der Waals surface area contributed by atoms with Crippen molar-refractivity contribution in [3.63, 3.8) is 0 Å². The fourth-order valence-corrected chi connectivity index (χ4v) is 3.03. The van der Waals surface area contributed by atoms with Gasteiger partial charge < -0.3 is 5.32 Å². The molecule has 104 valence electrons. The zero-order valence-electron chi connectivity index (χ0n) is 11.4. The third-order valence-electron chi connectivity index (χ3n) is 4.17. The zero-order chi connectivity index (χ0) is 14.2. The minimum absolute atomic E-state index is 0.0421. The molecule has 1 saturated heterocycles. The summed E-state index contributed by atoms with van der Waals surface area (Å²) in [5.74, 6) is -0.212. The number of aryl methyl sites for hydroxylation is 1. The molecule has 2 aromatic carbocycles. The third-order valence-corrected chi connectivity index (χ3v) is 4.52. The first-order valence-corrected chi connectivity index (χ1v) is 7.19. The summed E-state index contributed by atoms with van der Waals surface area (Å²) in [5, 5.41) is 3.83. The van der Waals surface area contributed by atoms with E-state index in [0.717, 1.165) is 13.1 Å². The highest BCUT2D eigenvalue weighted by molar-refractivity contribution is 6.31. The fraction of sp³-hybridized carbons (Fsp3) is 0.294. The zero-order valence-corrected chi connectivity index (χ0v) is 12.2. The van der Waals surface area contributed by atoms with Gasteiger partial charge in [0.15, 0.2) is 0 Å². The van der Waals surface area contributed by atoms with Crippen molar-refractivity contribution in [1.29, 1.82) is 0 Å². The second kappa shape index (κ2) is 5.19. The standard InChI is InChI=1S/C17H17ClFN/c1-12-5-7-13(8-6-12)17(10-20-11-17)9-14-15(18)3-2-4-16(14)19/h2-8,20H,9-11H2,1H3. The van der Waals surface area contributed by atoms with Gasteiger partial charge in [-0.05, 0) is 31.0 Å². The summed E-state index contributed by atoms with van der Waals surface area (Å²) in [4.78, 5) is 0. The first-order valence-electron chi connectivity index (χ1n) is 6.81. The summed E-state index contributed by atoms with van der Waals surface area (Å²) in [6, 6.07) is 13.4. The van der Waals surface area contributed by atoms with Gasteiger partial charge in [0.1, 0.15) is 5.82 Å². The summed E-state index contributed by atoms with van der Waals surface area (Å²) in [6.45, 7) is 3.80. The quantitative estimate of drug-likeness (QED) is 0.904. The molecule has 1 heterocycles. The Morgan fingerprint density at radius 3 is 2.40 bits per heavy atom. The van der Waals surface area contributed by atoms with E-state index in [1.807, 2.05) is 0 Å². The summed E-state index contributed by atoms with van der Waals surface area (Å²) < 4.78 is 14.0. The van der Waals surface area contributed by atoms with Crippen LogP contribution in [-0.2, 0) is 11.8 Å². The number of benzene rings is 2. The number of hydrogen-bond acceptors (Lipinski definition) is 1. The maximum absolute atomic E-state index is 14.0. The predicted molar refractivity (Wildman–Crippen MR) is 80.8 cm³/mol. The van der Waals surface area contributed by atoms with Gasteiger partial charge in [0.05, 0.1) is 0 Å². The highest BCUT2D eigenvalue weighted by Gasteiger charge is 2.39. The second-order valence-corrected chi connectivity index (χ2v) is 6.03. The minimum atomic E-state index is -0.212. The largest absolute Gasteiger partial charge is 0.315 e. The van der Waals surface area contributed by atoms with Crippen LogP contribution in [0.2, 0.25) is 5.02 Å². The highest BCUT2D eigenvalue weighted by atomic mass is 35.5. The van der Waals surface area contributed by atoms with Crippen LogP contribution in [0, 0.1) is 12.7 Å². The first-order chi connectivity index (χ1) is 9.61. The van der Waals surface area contributed by atoms with Crippen LogP contribution in [0.1, 0.15) is 16.7 Å². The second-order valence-electron chi connectivity index (χ2n) is 5.63. The molecule has 3 heteroatoms. The summed E-state index contributed by atoms with van der Waals surface area (Å²) in [5.41, 5.74) is 3.07. The van der Waals surface area contributed by atoms with Crippen LogP contribution in [0.5, 0.6) is 0 Å². The van der Waals surface area contributed by atoms with Crippen LogP contribution < -0.4 is 5.32 Å². The Morgan fingerprint density at radius 1 is 1.15 bits per heavy atom. The van der Waals surface area contributed by atoms with Crippen molar-refractivity contribution < 1.29 is 4.39 Å². The Hall–Kier alpha value is -1.38. The molecule has 0 spiro atoms. The smallest absolute Gasteiger partial charge is 0.127 e. The van der Waals surface area contributed by atoms with E-state index in [1.165, 1.54) is 17.2 Å². The van der Waals surface area contributed by atoms with Crippen molar-refractivity contribution in [3.8, 4) is 0 Å². The van der Waals surface area contributed by atoms with Gasteiger partial charge in [-0.3, -0.25) is 0 Å². The maximum atomic E-state index is 14.0. The summed E-state index contributed by atoms with van der Waals surface area (Å²) >= 11 is 6.17. The van der Waals surface area contributed by atoms with Crippen LogP contribution in [0.4, 0.5) is 4.39 Å². The van der Waals surface area contributed by atoms with E-state index in [4.69, 9.17) is 11.6 Å². The average Bonchev–Trinajstić information content (AvgIpc) is 2.38. The monoisotopic (exact) mass is 289 g/mol. The molecule has 0 aliphatic carbocycles. The fourth-order valence-electron chi connectivity index (χ4n) is 2.80. The average molecular weight is 290 g/mol. The minimum Gasteiger partial charge on any atom is -0.315 e. The lowest BCUT2D eigenvalue weighted by Crippen LogP contribution is -2.58. The lowest BCUT2D eigenvalue weighted by atomic mass is 9.71. The molecule has 1 N–H and O–H groups in total. The summed E-state index contributed by atoms with van der Waals surface area (Å²) in [6.07, 6.45) is 0.633. The summed E-state index contributed by atoms with van der Waals surface area (Å²) in [7, 11) is 0. The molecule has 0 atom stereocenters. The molecule has 1 aliphatic heterocycles. The molecule has 20 heavy (non-hydrogen) atoms. The van der Waals surface area contributed by atoms with Crippen molar-refractivity contribution in [1.82, 2.24) is 5.32 Å². The SMILES string of the molecule is Cc1ccc(C2(Cc3c(F)cccc3Cl)CNC2)cc1. The normalized spacial score (nSPS) is 16.8. The van der Waals surface area contributed by atoms with E-state index in [2.05, 4.69) is 36.5 Å². The molecular weight excluding hydrogens is 273 g/mol. The Bertz CT molecular complexity index is 597. The third kappa shape index (κ3) is 2.34. The molecular formula is C17H17ClFN. The highest BCUT2D eigenvalue weighted by Crippen LogP contribution is 2.35. The topological polar surface area (TPSA) is 12.0 Å². The predicted octanol–water partition coefficient (Wildman–Crippen LogP) is 3.87. The Morgan fingerprint density at radius 2 is 1.85 bits per heavy atom. The van der Waals surface area contributed by atoms with Crippen LogP contribution in [0.3, 0.4) is 0 Å². The molecule has 1 aliphatic rings. The number of rotatable bonds is 3. The van der Waals surface area contributed by atoms with E-state index < -0.39 is 0 Å². The van der Waals surface area contributed by atoms with Crippen molar-refractivity contribution in [2.24, 2.45) is 0 Å². The van der Waals surface area contributed by atoms with Crippen LogP contribution in [-0.4, -0.2) is 13.1 Å². The van der Waals surface area contributed by atoms with Crippen molar-refractivity contribution >= 4 is 11.6 Å². The molecule has 0 amide bonds. The van der Waals surface area contributed by atoms with Gasteiger partial charge in [-0.1, -0.05) is 47.5 Å². The lowest BCUT2D eigenvalue weighted by molar-refractivity contribution is 0.272. The molecule has 3 rings (SSSR count). The van der Waals surface area contributed by atoms with Gasteiger partial charge >= 0.3 is 0 Å². The van der Waals surface area contributed by atoms with Crippen molar-refractivity contribution in [3.05, 3.63) is 70.0 Å². The van der Waals surface area contributed by atoms with Crippen LogP contribution in [0.25, 0.3) is 0 Å². The van der Waals surface area contributed by atoms with Gasteiger partial charge in [-0.25, -0.2) is 4.39 Å². The Labute approximate surface area is 123 Å². The van der Waals surface area contributed by atoms with Crippen LogP contribution >= 0.6 is 11.6 Å². The van der Waals surface area contributed by atoms with Crippen molar-refractivity contribution in [2.45, 2.75) is 18.8 Å². The van der Waals surface area contributed by atoms with E-state index in [0.29, 0.717) is 17.0 Å². The van der Waals surface area contributed by atoms with Gasteiger partial charge in [0, 0.05) is 29.1 Å². The maximum Gasteiger partial charge on any atom is 0.127 e. The van der Waals surface area contributed by atoms with E-state index in [9.17, 15) is 4.39 Å². The van der Waals surface area contributed by atoms with Gasteiger partial charge in [-0.2, -0.15) is 0 Å². The van der Waals surface area contributed by atoms with E-state index in [-0.39, 0.29) is 11.2 Å². The first kappa shape index (κ1) is 13.6. The number of halogens is 2. The molecule has 0 unspecified atom stereocenters. The molecule has 0 saturated carbocycles.